The van der Waals surface area contributed by atoms with Crippen molar-refractivity contribution in [1.29, 1.82) is 0 Å². The topological polar surface area (TPSA) is 90.7 Å². The van der Waals surface area contributed by atoms with Gasteiger partial charge in [0, 0.05) is 6.54 Å². The minimum Gasteiger partial charge on any atom is -0.493 e. The number of methoxy groups -OCH3 is 1. The Morgan fingerprint density at radius 1 is 1.16 bits per heavy atom. The number of aromatic nitrogens is 2. The van der Waals surface area contributed by atoms with Crippen molar-refractivity contribution in [2.24, 2.45) is 0 Å². The third-order valence-corrected chi connectivity index (χ3v) is 4.81. The van der Waals surface area contributed by atoms with E-state index in [0.29, 0.717) is 34.8 Å². The number of benzene rings is 2. The first-order valence-electron chi connectivity index (χ1n) is 10.2. The van der Waals surface area contributed by atoms with Gasteiger partial charge in [-0.25, -0.2) is 4.98 Å². The van der Waals surface area contributed by atoms with Crippen molar-refractivity contribution in [2.75, 3.05) is 13.7 Å². The molecule has 7 nitrogen and oxygen atoms in total. The summed E-state index contributed by atoms with van der Waals surface area (Å²) in [7, 11) is 1.59. The molecule has 7 heteroatoms. The van der Waals surface area contributed by atoms with Gasteiger partial charge in [0.25, 0.3) is 5.56 Å². The van der Waals surface area contributed by atoms with E-state index in [4.69, 9.17) is 14.6 Å². The molecule has 0 aliphatic heterocycles. The van der Waals surface area contributed by atoms with E-state index in [9.17, 15) is 9.59 Å². The molecule has 0 amide bonds. The van der Waals surface area contributed by atoms with Gasteiger partial charge in [0.2, 0.25) is 0 Å². The Morgan fingerprint density at radius 2 is 1.97 bits per heavy atom. The fourth-order valence-corrected chi connectivity index (χ4v) is 3.14. The number of fused-ring (bicyclic) bond motifs is 1. The van der Waals surface area contributed by atoms with Crippen LogP contribution in [0.2, 0.25) is 0 Å². The Bertz CT molecular complexity index is 1150. The van der Waals surface area contributed by atoms with Crippen LogP contribution in [0.3, 0.4) is 0 Å². The summed E-state index contributed by atoms with van der Waals surface area (Å²) >= 11 is 0. The van der Waals surface area contributed by atoms with Crippen molar-refractivity contribution in [1.82, 2.24) is 9.55 Å². The molecule has 1 N–H and O–H groups in total. The zero-order valence-electron chi connectivity index (χ0n) is 17.7. The second-order valence-corrected chi connectivity index (χ2v) is 7.03. The molecule has 1 aromatic heterocycles. The highest BCUT2D eigenvalue weighted by atomic mass is 16.5. The van der Waals surface area contributed by atoms with Crippen LogP contribution in [-0.4, -0.2) is 34.3 Å². The average molecular weight is 422 g/mol. The van der Waals surface area contributed by atoms with Gasteiger partial charge >= 0.3 is 5.97 Å². The van der Waals surface area contributed by atoms with E-state index >= 15 is 0 Å². The van der Waals surface area contributed by atoms with Gasteiger partial charge in [0.1, 0.15) is 5.82 Å². The van der Waals surface area contributed by atoms with Crippen LogP contribution in [0.4, 0.5) is 0 Å². The summed E-state index contributed by atoms with van der Waals surface area (Å²) < 4.78 is 12.6. The number of carbonyl (C=O) groups is 1. The van der Waals surface area contributed by atoms with E-state index in [0.717, 1.165) is 18.4 Å². The number of aliphatic carboxylic acids is 1. The molecule has 0 atom stereocenters. The Labute approximate surface area is 180 Å². The quantitative estimate of drug-likeness (QED) is 0.492. The molecule has 0 spiro atoms. The third-order valence-electron chi connectivity index (χ3n) is 4.81. The second kappa shape index (κ2) is 10.4. The summed E-state index contributed by atoms with van der Waals surface area (Å²) in [5.74, 6) is 0.717. The van der Waals surface area contributed by atoms with Gasteiger partial charge in [-0.05, 0) is 42.3 Å². The Kier molecular flexibility index (Phi) is 7.43. The maximum atomic E-state index is 12.9. The van der Waals surface area contributed by atoms with Gasteiger partial charge in [0.15, 0.2) is 11.5 Å². The maximum Gasteiger partial charge on any atom is 0.305 e. The van der Waals surface area contributed by atoms with E-state index in [-0.39, 0.29) is 18.5 Å². The molecule has 0 bridgehead atoms. The Hall–Kier alpha value is -3.61. The van der Waals surface area contributed by atoms with Crippen molar-refractivity contribution >= 4 is 29.0 Å². The first-order chi connectivity index (χ1) is 15.0. The summed E-state index contributed by atoms with van der Waals surface area (Å²) in [6.07, 6.45) is 5.37. The second-order valence-electron chi connectivity index (χ2n) is 7.03. The highest BCUT2D eigenvalue weighted by molar-refractivity contribution is 5.79. The summed E-state index contributed by atoms with van der Waals surface area (Å²) in [5, 5.41) is 9.52. The number of nitrogens with zero attached hydrogens (tertiary/aromatic N) is 2. The first-order valence-corrected chi connectivity index (χ1v) is 10.2. The van der Waals surface area contributed by atoms with E-state index in [1.54, 1.807) is 31.4 Å². The molecule has 0 fully saturated rings. The number of ether oxygens (including phenoxy) is 2. The van der Waals surface area contributed by atoms with Crippen LogP contribution in [-0.2, 0) is 11.3 Å². The summed E-state index contributed by atoms with van der Waals surface area (Å²) in [4.78, 5) is 28.5. The van der Waals surface area contributed by atoms with Crippen LogP contribution in [0.25, 0.3) is 23.1 Å². The molecule has 3 rings (SSSR count). The lowest BCUT2D eigenvalue weighted by Gasteiger charge is -2.11. The van der Waals surface area contributed by atoms with E-state index in [1.165, 1.54) is 4.57 Å². The van der Waals surface area contributed by atoms with Gasteiger partial charge in [0.05, 0.1) is 31.0 Å². The molecule has 0 radical (unpaired) electrons. The smallest absolute Gasteiger partial charge is 0.305 e. The number of carboxylic acids is 1. The highest BCUT2D eigenvalue weighted by Gasteiger charge is 2.11. The third kappa shape index (κ3) is 5.51. The van der Waals surface area contributed by atoms with Crippen LogP contribution < -0.4 is 15.0 Å². The van der Waals surface area contributed by atoms with Gasteiger partial charge in [-0.1, -0.05) is 37.6 Å². The molecule has 31 heavy (non-hydrogen) atoms. The molecule has 0 unspecified atom stereocenters. The van der Waals surface area contributed by atoms with Crippen LogP contribution in [0.1, 0.15) is 37.6 Å². The fraction of sp³-hybridized carbons (Fsp3) is 0.292. The molecule has 0 aliphatic carbocycles. The van der Waals surface area contributed by atoms with Gasteiger partial charge in [-0.15, -0.1) is 0 Å². The summed E-state index contributed by atoms with van der Waals surface area (Å²) in [5.41, 5.74) is 1.15. The maximum absolute atomic E-state index is 12.9. The van der Waals surface area contributed by atoms with E-state index in [1.807, 2.05) is 30.3 Å². The molecule has 1 heterocycles. The van der Waals surface area contributed by atoms with Crippen LogP contribution in [0.5, 0.6) is 11.5 Å². The molecular weight excluding hydrogens is 396 g/mol. The highest BCUT2D eigenvalue weighted by Crippen LogP contribution is 2.29. The molecule has 0 saturated heterocycles. The number of rotatable bonds is 10. The molecule has 162 valence electrons. The molecule has 0 aliphatic rings. The Balaban J connectivity index is 1.95. The lowest BCUT2D eigenvalue weighted by atomic mass is 10.1. The minimum atomic E-state index is -0.974. The van der Waals surface area contributed by atoms with E-state index in [2.05, 4.69) is 11.9 Å². The predicted molar refractivity (Wildman–Crippen MR) is 121 cm³/mol. The van der Waals surface area contributed by atoms with Gasteiger partial charge < -0.3 is 14.6 Å². The van der Waals surface area contributed by atoms with Crippen molar-refractivity contribution in [2.45, 2.75) is 32.7 Å². The summed E-state index contributed by atoms with van der Waals surface area (Å²) in [6, 6.07) is 12.6. The monoisotopic (exact) mass is 422 g/mol. The zero-order valence-corrected chi connectivity index (χ0v) is 17.7. The number of hydrogen-bond donors (Lipinski definition) is 1. The zero-order chi connectivity index (χ0) is 22.2. The number of para-hydroxylation sites is 1. The standard InChI is InChI=1S/C24H26N2O5/c1-3-4-15-31-20-11-9-17(16-21(20)30-2)10-12-22-25-19-8-6-5-7-18(19)24(29)26(22)14-13-23(27)28/h5-12,16H,3-4,13-15H2,1-2H3,(H,27,28)/b12-10+. The average Bonchev–Trinajstić information content (AvgIpc) is 2.77. The lowest BCUT2D eigenvalue weighted by Crippen LogP contribution is -2.25. The molecule has 0 saturated carbocycles. The summed E-state index contributed by atoms with van der Waals surface area (Å²) in [6.45, 7) is 2.77. The first kappa shape index (κ1) is 22.1. The number of unbranched alkanes of at least 4 members (excludes halogenated alkanes) is 1. The minimum absolute atomic E-state index is 0.0409. The van der Waals surface area contributed by atoms with Crippen LogP contribution >= 0.6 is 0 Å². The fourth-order valence-electron chi connectivity index (χ4n) is 3.14. The van der Waals surface area contributed by atoms with E-state index < -0.39 is 5.97 Å². The van der Waals surface area contributed by atoms with Gasteiger partial charge in [-0.2, -0.15) is 0 Å². The predicted octanol–water partition coefficient (Wildman–Crippen LogP) is 4.23. The molecule has 3 aromatic rings. The number of carboxylic acid groups (broad SMARTS) is 1. The Morgan fingerprint density at radius 3 is 2.71 bits per heavy atom. The van der Waals surface area contributed by atoms with Gasteiger partial charge in [-0.3, -0.25) is 14.2 Å². The largest absolute Gasteiger partial charge is 0.493 e. The van der Waals surface area contributed by atoms with Crippen molar-refractivity contribution in [3.63, 3.8) is 0 Å². The lowest BCUT2D eigenvalue weighted by molar-refractivity contribution is -0.137. The molecule has 2 aromatic carbocycles. The molecular formula is C24H26N2O5. The van der Waals surface area contributed by atoms with Crippen LogP contribution in [0.15, 0.2) is 47.3 Å². The SMILES string of the molecule is CCCCOc1ccc(/C=C/c2nc3ccccc3c(=O)n2CCC(=O)O)cc1OC. The van der Waals surface area contributed by atoms with Crippen molar-refractivity contribution in [3.8, 4) is 11.5 Å². The van der Waals surface area contributed by atoms with Crippen LogP contribution in [0, 0.1) is 0 Å². The van der Waals surface area contributed by atoms with Crippen molar-refractivity contribution in [3.05, 3.63) is 64.2 Å². The number of hydrogen-bond acceptors (Lipinski definition) is 5. The van der Waals surface area contributed by atoms with Crippen molar-refractivity contribution < 1.29 is 19.4 Å². The normalized spacial score (nSPS) is 11.2.